The molecule has 116 valence electrons. The van der Waals surface area contributed by atoms with Crippen LogP contribution in [0.3, 0.4) is 0 Å². The van der Waals surface area contributed by atoms with E-state index in [4.69, 9.17) is 5.73 Å². The van der Waals surface area contributed by atoms with Gasteiger partial charge in [-0.15, -0.1) is 16.8 Å². The maximum absolute atomic E-state index is 12.3. The van der Waals surface area contributed by atoms with Gasteiger partial charge in [0.15, 0.2) is 0 Å². The van der Waals surface area contributed by atoms with Gasteiger partial charge in [-0.05, 0) is 18.6 Å². The second-order valence-electron chi connectivity index (χ2n) is 5.15. The van der Waals surface area contributed by atoms with Crippen molar-refractivity contribution in [2.45, 2.75) is 12.5 Å². The number of carbonyl (C=O) groups is 1. The van der Waals surface area contributed by atoms with Crippen molar-refractivity contribution in [2.75, 3.05) is 25.4 Å². The number of nitrogens with zero attached hydrogens (tertiary/aromatic N) is 3. The second-order valence-corrected chi connectivity index (χ2v) is 6.90. The molecule has 0 unspecified atom stereocenters. The zero-order chi connectivity index (χ0) is 14.3. The molecule has 2 N–H and O–H groups in total. The van der Waals surface area contributed by atoms with E-state index in [-0.39, 0.29) is 30.1 Å². The highest BCUT2D eigenvalue weighted by Gasteiger charge is 2.29. The van der Waals surface area contributed by atoms with Gasteiger partial charge in [0, 0.05) is 31.9 Å². The number of hydrogen-bond acceptors (Lipinski definition) is 5. The van der Waals surface area contributed by atoms with Gasteiger partial charge in [-0.3, -0.25) is 4.79 Å². The Morgan fingerprint density at radius 1 is 1.33 bits per heavy atom. The van der Waals surface area contributed by atoms with Crippen molar-refractivity contribution in [3.8, 4) is 0 Å². The van der Waals surface area contributed by atoms with Gasteiger partial charge in [0.05, 0.1) is 11.3 Å². The molecule has 1 atom stereocenters. The molecule has 0 aliphatic carbocycles. The number of carbonyl (C=O) groups excluding carboxylic acids is 1. The number of likely N-dealkylation sites (tertiary alicyclic amines) is 1. The third-order valence-electron chi connectivity index (χ3n) is 3.58. The van der Waals surface area contributed by atoms with Gasteiger partial charge < -0.3 is 15.5 Å². The molecule has 1 saturated heterocycles. The Bertz CT molecular complexity index is 641. The van der Waals surface area contributed by atoms with Crippen LogP contribution < -0.4 is 5.73 Å². The lowest BCUT2D eigenvalue weighted by atomic mass is 10.1. The van der Waals surface area contributed by atoms with Crippen molar-refractivity contribution in [1.82, 2.24) is 9.80 Å². The summed E-state index contributed by atoms with van der Waals surface area (Å²) in [4.78, 5) is 15.7. The Labute approximate surface area is 129 Å². The molecule has 3 aliphatic heterocycles. The number of amidine groups is 1. The molecule has 0 saturated carbocycles. The summed E-state index contributed by atoms with van der Waals surface area (Å²) in [5.41, 5.74) is 6.34. The van der Waals surface area contributed by atoms with Crippen LogP contribution in [0.15, 0.2) is 28.3 Å². The first-order valence-electron chi connectivity index (χ1n) is 6.49. The van der Waals surface area contributed by atoms with E-state index in [2.05, 4.69) is 4.40 Å². The zero-order valence-electron chi connectivity index (χ0n) is 11.3. The molecule has 0 aromatic carbocycles. The standard InChI is InChI=1S/C12H16N4O3S.ClH/c13-10-3-4-16(8-10)12(17)9-1-2-11-14-20(18,19)6-5-15(11)7-9;/h1-2,7,10H,3-6,8,13H2;1H/t10-;/m1./s1. The van der Waals surface area contributed by atoms with Crippen LogP contribution in [0, 0.1) is 0 Å². The lowest BCUT2D eigenvalue weighted by Crippen LogP contribution is -2.39. The Balaban J connectivity index is 0.00000161. The molecule has 21 heavy (non-hydrogen) atoms. The number of hydrogen-bond donors (Lipinski definition) is 1. The highest BCUT2D eigenvalue weighted by Crippen LogP contribution is 2.19. The summed E-state index contributed by atoms with van der Waals surface area (Å²) < 4.78 is 26.5. The Hall–Kier alpha value is -1.38. The molecule has 1 fully saturated rings. The average Bonchev–Trinajstić information content (AvgIpc) is 2.83. The van der Waals surface area contributed by atoms with Crippen molar-refractivity contribution in [3.05, 3.63) is 23.9 Å². The van der Waals surface area contributed by atoms with E-state index in [0.29, 0.717) is 31.0 Å². The number of nitrogens with two attached hydrogens (primary N) is 1. The predicted molar refractivity (Wildman–Crippen MR) is 81.6 cm³/mol. The Morgan fingerprint density at radius 3 is 2.76 bits per heavy atom. The number of halogens is 1. The van der Waals surface area contributed by atoms with Crippen molar-refractivity contribution in [1.29, 1.82) is 0 Å². The van der Waals surface area contributed by atoms with Crippen molar-refractivity contribution < 1.29 is 13.2 Å². The summed E-state index contributed by atoms with van der Waals surface area (Å²) in [7, 11) is -3.36. The predicted octanol–water partition coefficient (Wildman–Crippen LogP) is -0.535. The van der Waals surface area contributed by atoms with E-state index in [9.17, 15) is 13.2 Å². The summed E-state index contributed by atoms with van der Waals surface area (Å²) in [6, 6.07) is 0.0457. The first kappa shape index (κ1) is 16.0. The summed E-state index contributed by atoms with van der Waals surface area (Å²) in [6.07, 6.45) is 5.67. The topological polar surface area (TPSA) is 96.1 Å². The Morgan fingerprint density at radius 2 is 2.10 bits per heavy atom. The van der Waals surface area contributed by atoms with Gasteiger partial charge in [0.25, 0.3) is 15.9 Å². The van der Waals surface area contributed by atoms with Gasteiger partial charge in [0.1, 0.15) is 5.84 Å². The maximum Gasteiger partial charge on any atom is 0.256 e. The Kier molecular flexibility index (Phi) is 4.40. The van der Waals surface area contributed by atoms with Crippen LogP contribution in [-0.4, -0.2) is 61.4 Å². The molecule has 7 nitrogen and oxygen atoms in total. The monoisotopic (exact) mass is 332 g/mol. The summed E-state index contributed by atoms with van der Waals surface area (Å²) >= 11 is 0. The quantitative estimate of drug-likeness (QED) is 0.696. The van der Waals surface area contributed by atoms with Crippen LogP contribution in [0.5, 0.6) is 0 Å². The second kappa shape index (κ2) is 5.78. The minimum Gasteiger partial charge on any atom is -0.337 e. The van der Waals surface area contributed by atoms with Crippen LogP contribution in [-0.2, 0) is 14.8 Å². The molecule has 3 aliphatic rings. The molecular formula is C12H17ClN4O3S. The molecule has 9 heteroatoms. The molecule has 1 amide bonds. The fourth-order valence-electron chi connectivity index (χ4n) is 2.48. The fraction of sp³-hybridized carbons (Fsp3) is 0.500. The fourth-order valence-corrected chi connectivity index (χ4v) is 3.45. The molecular weight excluding hydrogens is 316 g/mol. The molecule has 3 heterocycles. The lowest BCUT2D eigenvalue weighted by molar-refractivity contribution is -0.125. The van der Waals surface area contributed by atoms with Gasteiger partial charge in [-0.25, -0.2) is 8.42 Å². The molecule has 3 rings (SSSR count). The highest BCUT2D eigenvalue weighted by atomic mass is 35.5. The van der Waals surface area contributed by atoms with E-state index < -0.39 is 10.0 Å². The molecule has 0 aromatic heterocycles. The van der Waals surface area contributed by atoms with Gasteiger partial charge in [-0.1, -0.05) is 0 Å². The van der Waals surface area contributed by atoms with E-state index in [1.165, 1.54) is 0 Å². The lowest BCUT2D eigenvalue weighted by Gasteiger charge is -2.28. The molecule has 0 bridgehead atoms. The molecule has 0 spiro atoms. The summed E-state index contributed by atoms with van der Waals surface area (Å²) in [5.74, 6) is 0.268. The minimum absolute atomic E-state index is 0. The summed E-state index contributed by atoms with van der Waals surface area (Å²) in [6.45, 7) is 1.56. The number of fused-ring (bicyclic) bond motifs is 1. The van der Waals surface area contributed by atoms with Gasteiger partial charge >= 0.3 is 0 Å². The molecule has 0 aromatic rings. The van der Waals surface area contributed by atoms with Gasteiger partial charge in [0.2, 0.25) is 0 Å². The van der Waals surface area contributed by atoms with Crippen LogP contribution in [0.4, 0.5) is 0 Å². The van der Waals surface area contributed by atoms with Crippen molar-refractivity contribution in [3.63, 3.8) is 0 Å². The SMILES string of the molecule is Cl.N[C@@H]1CCN(C(=O)C2=CN3CCS(=O)(=O)N=C3C=C2)C1. The van der Waals surface area contributed by atoms with Crippen LogP contribution in [0.1, 0.15) is 6.42 Å². The average molecular weight is 333 g/mol. The zero-order valence-corrected chi connectivity index (χ0v) is 12.9. The van der Waals surface area contributed by atoms with Gasteiger partial charge in [-0.2, -0.15) is 0 Å². The third-order valence-corrected chi connectivity index (χ3v) is 4.75. The van der Waals surface area contributed by atoms with E-state index in [0.717, 1.165) is 6.42 Å². The summed E-state index contributed by atoms with van der Waals surface area (Å²) in [5, 5.41) is 0. The van der Waals surface area contributed by atoms with Crippen LogP contribution >= 0.6 is 12.4 Å². The number of sulfonamides is 1. The number of amides is 1. The van der Waals surface area contributed by atoms with Crippen molar-refractivity contribution >= 4 is 34.2 Å². The van der Waals surface area contributed by atoms with E-state index in [1.807, 2.05) is 0 Å². The third kappa shape index (κ3) is 3.28. The van der Waals surface area contributed by atoms with Crippen molar-refractivity contribution in [2.24, 2.45) is 10.1 Å². The maximum atomic E-state index is 12.3. The van der Waals surface area contributed by atoms with E-state index >= 15 is 0 Å². The normalized spacial score (nSPS) is 26.6. The van der Waals surface area contributed by atoms with Crippen LogP contribution in [0.25, 0.3) is 0 Å². The first-order chi connectivity index (χ1) is 9.44. The largest absolute Gasteiger partial charge is 0.337 e. The number of rotatable bonds is 1. The smallest absolute Gasteiger partial charge is 0.256 e. The van der Waals surface area contributed by atoms with Crippen LogP contribution in [0.2, 0.25) is 0 Å². The highest BCUT2D eigenvalue weighted by molar-refractivity contribution is 7.90. The first-order valence-corrected chi connectivity index (χ1v) is 8.09. The van der Waals surface area contributed by atoms with E-state index in [1.54, 1.807) is 28.2 Å². The molecule has 0 radical (unpaired) electrons. The minimum atomic E-state index is -3.36.